The zero-order valence-electron chi connectivity index (χ0n) is 15.0. The minimum absolute atomic E-state index is 0.0886. The van der Waals surface area contributed by atoms with Crippen LogP contribution in [0.15, 0.2) is 48.5 Å². The van der Waals surface area contributed by atoms with E-state index in [1.165, 1.54) is 12.9 Å². The van der Waals surface area contributed by atoms with Crippen LogP contribution in [0.3, 0.4) is 0 Å². The van der Waals surface area contributed by atoms with Gasteiger partial charge in [0, 0.05) is 17.5 Å². The van der Waals surface area contributed by atoms with Crippen molar-refractivity contribution >= 4 is 18.7 Å². The zero-order valence-corrected chi connectivity index (χ0v) is 15.0. The molecule has 2 aromatic carbocycles. The maximum absolute atomic E-state index is 13.6. The van der Waals surface area contributed by atoms with E-state index >= 15 is 0 Å². The van der Waals surface area contributed by atoms with Gasteiger partial charge in [0.15, 0.2) is 5.78 Å². The molecule has 1 amide bonds. The minimum Gasteiger partial charge on any atom is -0.489 e. The van der Waals surface area contributed by atoms with E-state index in [-0.39, 0.29) is 31.0 Å². The summed E-state index contributed by atoms with van der Waals surface area (Å²) in [4.78, 5) is 23.6. The molecule has 0 saturated heterocycles. The molecule has 0 fully saturated rings. The van der Waals surface area contributed by atoms with Gasteiger partial charge in [-0.1, -0.05) is 18.2 Å². The molecule has 6 nitrogen and oxygen atoms in total. The van der Waals surface area contributed by atoms with Crippen LogP contribution in [0.25, 0.3) is 0 Å². The molecule has 0 radical (unpaired) electrons. The Morgan fingerprint density at radius 1 is 1.22 bits per heavy atom. The van der Waals surface area contributed by atoms with Crippen LogP contribution in [0.1, 0.15) is 28.8 Å². The quantitative estimate of drug-likeness (QED) is 0.437. The van der Waals surface area contributed by atoms with E-state index in [1.807, 2.05) is 0 Å². The van der Waals surface area contributed by atoms with Crippen LogP contribution in [-0.2, 0) is 11.4 Å². The lowest BCUT2D eigenvalue weighted by atomic mass is 9.86. The molecule has 0 saturated carbocycles. The maximum Gasteiger partial charge on any atom is 0.374 e. The molecule has 4 N–H and O–H groups in total. The molecule has 0 aliphatic rings. The topological polar surface area (TPSA) is 102 Å². The fourth-order valence-electron chi connectivity index (χ4n) is 2.53. The van der Waals surface area contributed by atoms with E-state index in [0.29, 0.717) is 16.9 Å². The third-order valence-electron chi connectivity index (χ3n) is 3.97. The highest BCUT2D eigenvalue weighted by atomic mass is 19.1. The van der Waals surface area contributed by atoms with Crippen molar-refractivity contribution in [3.05, 3.63) is 65.5 Å². The van der Waals surface area contributed by atoms with Crippen molar-refractivity contribution in [2.45, 2.75) is 32.3 Å². The Morgan fingerprint density at radius 3 is 2.48 bits per heavy atom. The monoisotopic (exact) mass is 372 g/mol. The molecular weight excluding hydrogens is 350 g/mol. The number of carbonyl (C=O) groups is 2. The summed E-state index contributed by atoms with van der Waals surface area (Å²) in [5, 5.41) is 11.9. The second-order valence-corrected chi connectivity index (χ2v) is 6.16. The van der Waals surface area contributed by atoms with Gasteiger partial charge in [0.25, 0.3) is 0 Å². The first-order chi connectivity index (χ1) is 12.9. The molecule has 2 aromatic rings. The number of rotatable bonds is 10. The van der Waals surface area contributed by atoms with Crippen LogP contribution >= 0.6 is 0 Å². The summed E-state index contributed by atoms with van der Waals surface area (Å²) in [5.41, 5.74) is 6.17. The van der Waals surface area contributed by atoms with Crippen molar-refractivity contribution in [1.82, 2.24) is 5.23 Å². The lowest BCUT2D eigenvalue weighted by molar-refractivity contribution is -0.119. The molecule has 0 bridgehead atoms. The molecule has 1 atom stereocenters. The van der Waals surface area contributed by atoms with Gasteiger partial charge in [-0.25, -0.2) is 4.39 Å². The van der Waals surface area contributed by atoms with Gasteiger partial charge in [-0.3, -0.25) is 9.59 Å². The third-order valence-corrected chi connectivity index (χ3v) is 3.97. The summed E-state index contributed by atoms with van der Waals surface area (Å²) < 4.78 is 19.1. The van der Waals surface area contributed by atoms with Crippen molar-refractivity contribution in [3.63, 3.8) is 0 Å². The number of amides is 1. The Kier molecular flexibility index (Phi) is 7.51. The summed E-state index contributed by atoms with van der Waals surface area (Å²) in [6.45, 7) is 1.56. The van der Waals surface area contributed by atoms with Crippen LogP contribution in [0.2, 0.25) is 6.82 Å². The molecule has 0 aromatic heterocycles. The average Bonchev–Trinajstić information content (AvgIpc) is 2.64. The molecule has 0 unspecified atom stereocenters. The van der Waals surface area contributed by atoms with Gasteiger partial charge < -0.3 is 20.7 Å². The van der Waals surface area contributed by atoms with E-state index in [9.17, 15) is 19.0 Å². The van der Waals surface area contributed by atoms with Gasteiger partial charge in [-0.2, -0.15) is 0 Å². The van der Waals surface area contributed by atoms with Crippen molar-refractivity contribution in [3.8, 4) is 5.75 Å². The fraction of sp³-hybridized carbons (Fsp3) is 0.263. The highest BCUT2D eigenvalue weighted by Gasteiger charge is 2.20. The van der Waals surface area contributed by atoms with Crippen LogP contribution in [-0.4, -0.2) is 29.8 Å². The Bertz CT molecular complexity index is 784. The fourth-order valence-corrected chi connectivity index (χ4v) is 2.53. The van der Waals surface area contributed by atoms with E-state index in [2.05, 4.69) is 5.23 Å². The summed E-state index contributed by atoms with van der Waals surface area (Å²) in [7, 11) is -0.900. The van der Waals surface area contributed by atoms with E-state index < -0.39 is 19.0 Å². The number of ether oxygens (including phenoxy) is 1. The molecule has 27 heavy (non-hydrogen) atoms. The Morgan fingerprint density at radius 2 is 1.89 bits per heavy atom. The van der Waals surface area contributed by atoms with Crippen molar-refractivity contribution in [2.75, 3.05) is 0 Å². The molecule has 0 heterocycles. The van der Waals surface area contributed by atoms with Gasteiger partial charge in [0.05, 0.1) is 6.04 Å². The number of ketones is 1. The van der Waals surface area contributed by atoms with Gasteiger partial charge in [0.2, 0.25) is 5.91 Å². The van der Waals surface area contributed by atoms with Crippen molar-refractivity contribution in [2.24, 2.45) is 5.73 Å². The molecular formula is C19H22BFN2O4. The Balaban J connectivity index is 1.89. The summed E-state index contributed by atoms with van der Waals surface area (Å²) >= 11 is 0. The Labute approximate surface area is 157 Å². The van der Waals surface area contributed by atoms with Gasteiger partial charge in [-0.05, 0) is 43.6 Å². The molecule has 0 aliphatic carbocycles. The zero-order chi connectivity index (χ0) is 19.8. The van der Waals surface area contributed by atoms with Gasteiger partial charge in [0.1, 0.15) is 18.2 Å². The normalized spacial score (nSPS) is 11.7. The molecule has 0 spiro atoms. The summed E-state index contributed by atoms with van der Waals surface area (Å²) in [5.74, 6) is -0.602. The summed E-state index contributed by atoms with van der Waals surface area (Å²) in [6.07, 6.45) is 0.285. The number of nitrogens with two attached hydrogens (primary N) is 1. The van der Waals surface area contributed by atoms with E-state index in [4.69, 9.17) is 10.5 Å². The number of primary amides is 1. The number of halogens is 1. The van der Waals surface area contributed by atoms with Gasteiger partial charge in [-0.15, -0.1) is 0 Å². The molecule has 142 valence electrons. The summed E-state index contributed by atoms with van der Waals surface area (Å²) in [6, 6.07) is 12.1. The number of Topliss-reactive ketones (excluding diaryl/α,β-unsaturated/α-hetero) is 1. The van der Waals surface area contributed by atoms with Crippen LogP contribution in [0, 0.1) is 5.82 Å². The van der Waals surface area contributed by atoms with E-state index in [1.54, 1.807) is 42.5 Å². The van der Waals surface area contributed by atoms with Crippen molar-refractivity contribution in [1.29, 1.82) is 0 Å². The second kappa shape index (κ2) is 9.84. The van der Waals surface area contributed by atoms with Gasteiger partial charge >= 0.3 is 7.05 Å². The van der Waals surface area contributed by atoms with Crippen LogP contribution in [0.4, 0.5) is 4.39 Å². The standard InChI is InChI=1S/C19H22BFN2O4/c1-20(26)23-17(19(22)25)10-11-18(24)13-6-8-15(9-7-13)27-12-14-4-2-3-5-16(14)21/h2-9,17,23,26H,10-12H2,1H3,(H2,22,25)/t17-/m0/s1. The molecule has 8 heteroatoms. The maximum atomic E-state index is 13.6. The van der Waals surface area contributed by atoms with Crippen LogP contribution < -0.4 is 15.7 Å². The minimum atomic E-state index is -0.900. The van der Waals surface area contributed by atoms with Crippen LogP contribution in [0.5, 0.6) is 5.75 Å². The highest BCUT2D eigenvalue weighted by molar-refractivity contribution is 6.46. The molecule has 0 aliphatic heterocycles. The first kappa shape index (κ1) is 20.6. The third kappa shape index (κ3) is 6.51. The smallest absolute Gasteiger partial charge is 0.374 e. The predicted octanol–water partition coefficient (Wildman–Crippen LogP) is 1.92. The Hall–Kier alpha value is -2.71. The number of nitrogens with one attached hydrogen (secondary N) is 1. The number of hydrogen-bond donors (Lipinski definition) is 3. The SMILES string of the molecule is CB(O)N[C@@H](CCC(=O)c1ccc(OCc2ccccc2F)cc1)C(N)=O. The van der Waals surface area contributed by atoms with Crippen molar-refractivity contribution < 1.29 is 23.7 Å². The first-order valence-electron chi connectivity index (χ1n) is 8.59. The number of hydrogen-bond acceptors (Lipinski definition) is 5. The number of benzene rings is 2. The second-order valence-electron chi connectivity index (χ2n) is 6.16. The largest absolute Gasteiger partial charge is 0.489 e. The first-order valence-corrected chi connectivity index (χ1v) is 8.59. The number of carbonyl (C=O) groups excluding carboxylic acids is 2. The lowest BCUT2D eigenvalue weighted by Crippen LogP contribution is -2.47. The molecule has 2 rings (SSSR count). The predicted molar refractivity (Wildman–Crippen MR) is 101 cm³/mol. The van der Waals surface area contributed by atoms with E-state index in [0.717, 1.165) is 0 Å². The lowest BCUT2D eigenvalue weighted by Gasteiger charge is -2.15. The average molecular weight is 372 g/mol. The highest BCUT2D eigenvalue weighted by Crippen LogP contribution is 2.17.